The maximum atomic E-state index is 3.66. The molecule has 0 bridgehead atoms. The number of hydrogen-bond acceptors (Lipinski definition) is 1. The van der Waals surface area contributed by atoms with Gasteiger partial charge >= 0.3 is 0 Å². The molecule has 0 amide bonds. The predicted molar refractivity (Wildman–Crippen MR) is 47.6 cm³/mol. The molecule has 1 heteroatoms. The summed E-state index contributed by atoms with van der Waals surface area (Å²) >= 11 is 0. The highest BCUT2D eigenvalue weighted by atomic mass is 14.9. The fourth-order valence-electron chi connectivity index (χ4n) is 2.65. The second kappa shape index (κ2) is 3.57. The van der Waals surface area contributed by atoms with Crippen molar-refractivity contribution in [2.45, 2.75) is 51.0 Å². The molecule has 0 aromatic rings. The van der Waals surface area contributed by atoms with Crippen LogP contribution in [0.2, 0.25) is 0 Å². The van der Waals surface area contributed by atoms with Gasteiger partial charge in [-0.1, -0.05) is 19.3 Å². The highest BCUT2D eigenvalue weighted by molar-refractivity contribution is 4.82. The summed E-state index contributed by atoms with van der Waals surface area (Å²) in [6, 6.07) is 0.895. The SMILES string of the molecule is C1CC[C@H]2CCCN[C@H]2CC1. The zero-order valence-electron chi connectivity index (χ0n) is 7.31. The Morgan fingerprint density at radius 1 is 0.818 bits per heavy atom. The molecule has 0 aromatic heterocycles. The summed E-state index contributed by atoms with van der Waals surface area (Å²) in [5.41, 5.74) is 0. The Hall–Kier alpha value is -0.0400. The normalized spacial score (nSPS) is 39.3. The first-order valence-corrected chi connectivity index (χ1v) is 5.20. The van der Waals surface area contributed by atoms with Crippen molar-refractivity contribution in [3.8, 4) is 0 Å². The summed E-state index contributed by atoms with van der Waals surface area (Å²) in [5, 5.41) is 3.66. The van der Waals surface area contributed by atoms with Gasteiger partial charge in [0.25, 0.3) is 0 Å². The molecule has 1 saturated heterocycles. The van der Waals surface area contributed by atoms with Crippen LogP contribution in [0.4, 0.5) is 0 Å². The smallest absolute Gasteiger partial charge is 0.00953 e. The largest absolute Gasteiger partial charge is 0.314 e. The van der Waals surface area contributed by atoms with Crippen LogP contribution in [0.1, 0.15) is 44.9 Å². The lowest BCUT2D eigenvalue weighted by Crippen LogP contribution is -2.40. The maximum Gasteiger partial charge on any atom is 0.00953 e. The lowest BCUT2D eigenvalue weighted by Gasteiger charge is -2.30. The summed E-state index contributed by atoms with van der Waals surface area (Å²) in [7, 11) is 0. The van der Waals surface area contributed by atoms with Gasteiger partial charge in [0, 0.05) is 6.04 Å². The van der Waals surface area contributed by atoms with Crippen LogP contribution in [0.5, 0.6) is 0 Å². The molecule has 0 spiro atoms. The standard InChI is InChI=1S/C10H19N/c1-2-5-9-6-4-8-11-10(9)7-3-1/h9-11H,1-8H2/t9-,10-/m0/s1. The lowest BCUT2D eigenvalue weighted by atomic mass is 9.87. The third-order valence-corrected chi connectivity index (χ3v) is 3.32. The Labute approximate surface area is 69.6 Å². The number of piperidine rings is 1. The average molecular weight is 153 g/mol. The third-order valence-electron chi connectivity index (χ3n) is 3.32. The fourth-order valence-corrected chi connectivity index (χ4v) is 2.65. The number of rotatable bonds is 0. The highest BCUT2D eigenvalue weighted by Gasteiger charge is 2.25. The molecule has 0 aromatic carbocycles. The van der Waals surface area contributed by atoms with E-state index < -0.39 is 0 Å². The molecule has 1 N–H and O–H groups in total. The van der Waals surface area contributed by atoms with Gasteiger partial charge in [0.05, 0.1) is 0 Å². The van der Waals surface area contributed by atoms with E-state index in [1.807, 2.05) is 0 Å². The van der Waals surface area contributed by atoms with E-state index in [0.29, 0.717) is 0 Å². The van der Waals surface area contributed by atoms with Gasteiger partial charge in [-0.3, -0.25) is 0 Å². The van der Waals surface area contributed by atoms with Gasteiger partial charge in [0.1, 0.15) is 0 Å². The van der Waals surface area contributed by atoms with Crippen LogP contribution >= 0.6 is 0 Å². The van der Waals surface area contributed by atoms with Gasteiger partial charge in [-0.05, 0) is 38.1 Å². The number of fused-ring (bicyclic) bond motifs is 1. The molecule has 1 nitrogen and oxygen atoms in total. The molecule has 2 fully saturated rings. The lowest BCUT2D eigenvalue weighted by molar-refractivity contribution is 0.267. The van der Waals surface area contributed by atoms with Crippen molar-refractivity contribution in [1.29, 1.82) is 0 Å². The van der Waals surface area contributed by atoms with Crippen LogP contribution in [-0.2, 0) is 0 Å². The number of hydrogen-bond donors (Lipinski definition) is 1. The van der Waals surface area contributed by atoms with Gasteiger partial charge in [0.15, 0.2) is 0 Å². The van der Waals surface area contributed by atoms with E-state index in [2.05, 4.69) is 5.32 Å². The summed E-state index contributed by atoms with van der Waals surface area (Å²) < 4.78 is 0. The van der Waals surface area contributed by atoms with E-state index in [0.717, 1.165) is 12.0 Å². The van der Waals surface area contributed by atoms with Crippen molar-refractivity contribution in [3.05, 3.63) is 0 Å². The summed E-state index contributed by atoms with van der Waals surface area (Å²) in [6.07, 6.45) is 10.3. The van der Waals surface area contributed by atoms with E-state index in [-0.39, 0.29) is 0 Å². The van der Waals surface area contributed by atoms with Crippen LogP contribution in [0.25, 0.3) is 0 Å². The Morgan fingerprint density at radius 2 is 1.64 bits per heavy atom. The summed E-state index contributed by atoms with van der Waals surface area (Å²) in [6.45, 7) is 1.28. The molecule has 11 heavy (non-hydrogen) atoms. The second-order valence-electron chi connectivity index (χ2n) is 4.10. The average Bonchev–Trinajstić information content (AvgIpc) is 2.28. The summed E-state index contributed by atoms with van der Waals surface area (Å²) in [4.78, 5) is 0. The topological polar surface area (TPSA) is 12.0 Å². The van der Waals surface area contributed by atoms with Gasteiger partial charge in [-0.15, -0.1) is 0 Å². The van der Waals surface area contributed by atoms with Crippen molar-refractivity contribution in [2.24, 2.45) is 5.92 Å². The molecule has 0 unspecified atom stereocenters. The van der Waals surface area contributed by atoms with Gasteiger partial charge in [0.2, 0.25) is 0 Å². The zero-order valence-corrected chi connectivity index (χ0v) is 7.31. The van der Waals surface area contributed by atoms with Crippen LogP contribution in [0, 0.1) is 5.92 Å². The molecule has 2 rings (SSSR count). The number of nitrogens with one attached hydrogen (secondary N) is 1. The first kappa shape index (κ1) is 7.60. The minimum Gasteiger partial charge on any atom is -0.314 e. The monoisotopic (exact) mass is 153 g/mol. The van der Waals surface area contributed by atoms with Crippen molar-refractivity contribution in [3.63, 3.8) is 0 Å². The minimum absolute atomic E-state index is 0.895. The Bertz CT molecular complexity index is 108. The maximum absolute atomic E-state index is 3.66. The van der Waals surface area contributed by atoms with E-state index in [4.69, 9.17) is 0 Å². The molecule has 2 atom stereocenters. The Morgan fingerprint density at radius 3 is 2.64 bits per heavy atom. The van der Waals surface area contributed by atoms with Gasteiger partial charge in [-0.25, -0.2) is 0 Å². The van der Waals surface area contributed by atoms with E-state index in [1.165, 1.54) is 51.5 Å². The molecule has 1 aliphatic carbocycles. The molecule has 1 aliphatic heterocycles. The molecule has 1 heterocycles. The molecule has 64 valence electrons. The van der Waals surface area contributed by atoms with Gasteiger partial charge < -0.3 is 5.32 Å². The summed E-state index contributed by atoms with van der Waals surface area (Å²) in [5.74, 6) is 1.03. The van der Waals surface area contributed by atoms with Crippen LogP contribution in [-0.4, -0.2) is 12.6 Å². The first-order chi connectivity index (χ1) is 5.47. The Kier molecular flexibility index (Phi) is 2.47. The minimum atomic E-state index is 0.895. The quantitative estimate of drug-likeness (QED) is 0.563. The van der Waals surface area contributed by atoms with E-state index in [9.17, 15) is 0 Å². The van der Waals surface area contributed by atoms with Crippen LogP contribution in [0.3, 0.4) is 0 Å². The van der Waals surface area contributed by atoms with E-state index >= 15 is 0 Å². The predicted octanol–water partition coefficient (Wildman–Crippen LogP) is 2.32. The second-order valence-corrected chi connectivity index (χ2v) is 4.10. The molecule has 0 radical (unpaired) electrons. The Balaban J connectivity index is 1.93. The first-order valence-electron chi connectivity index (χ1n) is 5.20. The molecule has 2 aliphatic rings. The van der Waals surface area contributed by atoms with Crippen molar-refractivity contribution < 1.29 is 0 Å². The van der Waals surface area contributed by atoms with Gasteiger partial charge in [-0.2, -0.15) is 0 Å². The molecule has 1 saturated carbocycles. The van der Waals surface area contributed by atoms with Crippen molar-refractivity contribution in [2.75, 3.05) is 6.54 Å². The van der Waals surface area contributed by atoms with Crippen LogP contribution in [0.15, 0.2) is 0 Å². The third kappa shape index (κ3) is 1.76. The van der Waals surface area contributed by atoms with Crippen molar-refractivity contribution >= 4 is 0 Å². The zero-order chi connectivity index (χ0) is 7.52. The molecular weight excluding hydrogens is 134 g/mol. The van der Waals surface area contributed by atoms with E-state index in [1.54, 1.807) is 0 Å². The van der Waals surface area contributed by atoms with Crippen LogP contribution < -0.4 is 5.32 Å². The fraction of sp³-hybridized carbons (Fsp3) is 1.00. The molecular formula is C10H19N. The highest BCUT2D eigenvalue weighted by Crippen LogP contribution is 2.29. The van der Waals surface area contributed by atoms with Crippen molar-refractivity contribution in [1.82, 2.24) is 5.32 Å².